The highest BCUT2D eigenvalue weighted by atomic mass is 32.1. The first kappa shape index (κ1) is 9.53. The summed E-state index contributed by atoms with van der Waals surface area (Å²) >= 11 is 1.85. The number of hydrogen-bond donors (Lipinski definition) is 0. The normalized spacial score (nSPS) is 12.1. The van der Waals surface area contributed by atoms with Gasteiger partial charge in [0.15, 0.2) is 0 Å². The van der Waals surface area contributed by atoms with Gasteiger partial charge in [0.25, 0.3) is 0 Å². The second-order valence-corrected chi connectivity index (χ2v) is 3.91. The molecule has 1 aromatic rings. The Morgan fingerprint density at radius 2 is 2.33 bits per heavy atom. The molecular weight excluding hydrogens is 164 g/mol. The van der Waals surface area contributed by atoms with E-state index in [1.807, 2.05) is 11.3 Å². The zero-order valence-electron chi connectivity index (χ0n) is 8.05. The summed E-state index contributed by atoms with van der Waals surface area (Å²) < 4.78 is 0. The van der Waals surface area contributed by atoms with Crippen molar-refractivity contribution in [3.63, 3.8) is 0 Å². The maximum absolute atomic E-state index is 2.25. The van der Waals surface area contributed by atoms with Crippen molar-refractivity contribution in [1.29, 1.82) is 0 Å². The number of aryl methyl sites for hydroxylation is 1. The first-order chi connectivity index (χ1) is 5.79. The third kappa shape index (κ3) is 1.98. The van der Waals surface area contributed by atoms with E-state index in [1.165, 1.54) is 28.9 Å². The molecule has 1 heterocycles. The molecule has 66 valence electrons. The minimum absolute atomic E-state index is 1.21. The molecule has 0 aliphatic rings. The highest BCUT2D eigenvalue weighted by molar-refractivity contribution is 7.11. The fraction of sp³-hybridized carbons (Fsp3) is 0.455. The lowest BCUT2D eigenvalue weighted by Crippen LogP contribution is -1.84. The average molecular weight is 180 g/mol. The molecule has 1 aromatic heterocycles. The summed E-state index contributed by atoms with van der Waals surface area (Å²) in [5.41, 5.74) is 2.92. The largest absolute Gasteiger partial charge is 0.144 e. The standard InChI is InChI=1S/C11H16S/c1-4-6-10-7-8-12-11(10)9(3)5-2/h5,7-8H,4,6H2,1-3H3/b9-5-. The van der Waals surface area contributed by atoms with Crippen LogP contribution in [0.25, 0.3) is 5.57 Å². The molecular formula is C11H16S. The van der Waals surface area contributed by atoms with E-state index in [9.17, 15) is 0 Å². The monoisotopic (exact) mass is 180 g/mol. The Labute approximate surface area is 78.9 Å². The minimum atomic E-state index is 1.21. The second-order valence-electron chi connectivity index (χ2n) is 3.00. The molecule has 0 radical (unpaired) electrons. The van der Waals surface area contributed by atoms with Gasteiger partial charge in [-0.3, -0.25) is 0 Å². The molecule has 0 aliphatic carbocycles. The molecule has 0 spiro atoms. The highest BCUT2D eigenvalue weighted by Gasteiger charge is 2.03. The first-order valence-electron chi connectivity index (χ1n) is 4.49. The molecule has 0 atom stereocenters. The first-order valence-corrected chi connectivity index (χ1v) is 5.37. The Kier molecular flexibility index (Phi) is 3.54. The van der Waals surface area contributed by atoms with Gasteiger partial charge < -0.3 is 0 Å². The van der Waals surface area contributed by atoms with Gasteiger partial charge in [-0.1, -0.05) is 19.4 Å². The molecule has 12 heavy (non-hydrogen) atoms. The van der Waals surface area contributed by atoms with Crippen LogP contribution in [0.5, 0.6) is 0 Å². The van der Waals surface area contributed by atoms with Gasteiger partial charge in [0.2, 0.25) is 0 Å². The Morgan fingerprint density at radius 3 is 2.92 bits per heavy atom. The minimum Gasteiger partial charge on any atom is -0.144 e. The number of hydrogen-bond acceptors (Lipinski definition) is 1. The molecule has 0 nitrogen and oxygen atoms in total. The molecule has 0 saturated carbocycles. The summed E-state index contributed by atoms with van der Waals surface area (Å²) in [5.74, 6) is 0. The van der Waals surface area contributed by atoms with Crippen molar-refractivity contribution in [3.05, 3.63) is 28.0 Å². The Balaban J connectivity index is 2.91. The lowest BCUT2D eigenvalue weighted by Gasteiger charge is -2.01. The van der Waals surface area contributed by atoms with E-state index in [0.29, 0.717) is 0 Å². The fourth-order valence-corrected chi connectivity index (χ4v) is 2.27. The Morgan fingerprint density at radius 1 is 1.58 bits per heavy atom. The summed E-state index contributed by atoms with van der Waals surface area (Å²) in [5, 5.41) is 2.19. The van der Waals surface area contributed by atoms with Crippen LogP contribution in [-0.2, 0) is 6.42 Å². The maximum Gasteiger partial charge on any atom is 0.0328 e. The predicted molar refractivity (Wildman–Crippen MR) is 57.6 cm³/mol. The smallest absolute Gasteiger partial charge is 0.0328 e. The van der Waals surface area contributed by atoms with E-state index in [2.05, 4.69) is 38.3 Å². The second kappa shape index (κ2) is 4.46. The molecule has 1 heteroatoms. The van der Waals surface area contributed by atoms with E-state index >= 15 is 0 Å². The van der Waals surface area contributed by atoms with E-state index in [-0.39, 0.29) is 0 Å². The van der Waals surface area contributed by atoms with Crippen molar-refractivity contribution in [1.82, 2.24) is 0 Å². The summed E-state index contributed by atoms with van der Waals surface area (Å²) in [4.78, 5) is 1.47. The van der Waals surface area contributed by atoms with Gasteiger partial charge in [-0.2, -0.15) is 0 Å². The van der Waals surface area contributed by atoms with E-state index in [0.717, 1.165) is 0 Å². The lowest BCUT2D eigenvalue weighted by atomic mass is 10.1. The van der Waals surface area contributed by atoms with Crippen LogP contribution in [0, 0.1) is 0 Å². The predicted octanol–water partition coefficient (Wildman–Crippen LogP) is 4.12. The van der Waals surface area contributed by atoms with Crippen LogP contribution >= 0.6 is 11.3 Å². The molecule has 0 N–H and O–H groups in total. The van der Waals surface area contributed by atoms with Gasteiger partial charge in [0, 0.05) is 4.88 Å². The summed E-state index contributed by atoms with van der Waals surface area (Å²) in [6.45, 7) is 6.52. The quantitative estimate of drug-likeness (QED) is 0.656. The molecule has 0 fully saturated rings. The van der Waals surface area contributed by atoms with Gasteiger partial charge in [0.05, 0.1) is 0 Å². The van der Waals surface area contributed by atoms with Crippen LogP contribution in [0.3, 0.4) is 0 Å². The summed E-state index contributed by atoms with van der Waals surface area (Å²) in [6, 6.07) is 2.25. The average Bonchev–Trinajstić information content (AvgIpc) is 2.52. The molecule has 0 saturated heterocycles. The van der Waals surface area contributed by atoms with E-state index in [1.54, 1.807) is 0 Å². The topological polar surface area (TPSA) is 0 Å². The van der Waals surface area contributed by atoms with Gasteiger partial charge >= 0.3 is 0 Å². The molecule has 0 aliphatic heterocycles. The van der Waals surface area contributed by atoms with Crippen molar-refractivity contribution in [3.8, 4) is 0 Å². The summed E-state index contributed by atoms with van der Waals surface area (Å²) in [6.07, 6.45) is 4.63. The number of allylic oxidation sites excluding steroid dienone is 2. The number of thiophene rings is 1. The van der Waals surface area contributed by atoms with Crippen molar-refractivity contribution < 1.29 is 0 Å². The maximum atomic E-state index is 2.25. The van der Waals surface area contributed by atoms with Crippen molar-refractivity contribution in [2.24, 2.45) is 0 Å². The SMILES string of the molecule is C/C=C(/C)c1sccc1CCC. The third-order valence-corrected chi connectivity index (χ3v) is 3.15. The molecule has 0 aromatic carbocycles. The van der Waals surface area contributed by atoms with E-state index in [4.69, 9.17) is 0 Å². The van der Waals surface area contributed by atoms with Gasteiger partial charge in [0.1, 0.15) is 0 Å². The van der Waals surface area contributed by atoms with Crippen LogP contribution < -0.4 is 0 Å². The van der Waals surface area contributed by atoms with Crippen molar-refractivity contribution in [2.75, 3.05) is 0 Å². The molecule has 0 bridgehead atoms. The molecule has 0 amide bonds. The molecule has 1 rings (SSSR count). The Hall–Kier alpha value is -0.560. The van der Waals surface area contributed by atoms with Crippen molar-refractivity contribution in [2.45, 2.75) is 33.6 Å². The fourth-order valence-electron chi connectivity index (χ4n) is 1.28. The van der Waals surface area contributed by atoms with Crippen LogP contribution in [-0.4, -0.2) is 0 Å². The zero-order valence-corrected chi connectivity index (χ0v) is 8.87. The van der Waals surface area contributed by atoms with Crippen LogP contribution in [0.2, 0.25) is 0 Å². The van der Waals surface area contributed by atoms with Crippen LogP contribution in [0.1, 0.15) is 37.6 Å². The van der Waals surface area contributed by atoms with Gasteiger partial charge in [-0.25, -0.2) is 0 Å². The van der Waals surface area contributed by atoms with Crippen molar-refractivity contribution >= 4 is 16.9 Å². The van der Waals surface area contributed by atoms with Crippen LogP contribution in [0.15, 0.2) is 17.5 Å². The molecule has 0 unspecified atom stereocenters. The van der Waals surface area contributed by atoms with Crippen LogP contribution in [0.4, 0.5) is 0 Å². The lowest BCUT2D eigenvalue weighted by molar-refractivity contribution is 0.924. The summed E-state index contributed by atoms with van der Waals surface area (Å²) in [7, 11) is 0. The highest BCUT2D eigenvalue weighted by Crippen LogP contribution is 2.25. The number of rotatable bonds is 3. The zero-order chi connectivity index (χ0) is 8.97. The van der Waals surface area contributed by atoms with Gasteiger partial charge in [-0.05, 0) is 42.9 Å². The van der Waals surface area contributed by atoms with Gasteiger partial charge in [-0.15, -0.1) is 11.3 Å². The van der Waals surface area contributed by atoms with E-state index < -0.39 is 0 Å². The third-order valence-electron chi connectivity index (χ3n) is 2.06. The Bertz CT molecular complexity index is 268.